The first-order chi connectivity index (χ1) is 21.5. The van der Waals surface area contributed by atoms with Crippen molar-refractivity contribution in [2.75, 3.05) is 33.0 Å². The van der Waals surface area contributed by atoms with Crippen LogP contribution in [0.5, 0.6) is 11.5 Å². The van der Waals surface area contributed by atoms with Gasteiger partial charge in [0.1, 0.15) is 24.2 Å². The second kappa shape index (κ2) is 20.3. The Bertz CT molecular complexity index is 1220. The summed E-state index contributed by atoms with van der Waals surface area (Å²) in [4.78, 5) is 24.9. The fourth-order valence-electron chi connectivity index (χ4n) is 4.50. The zero-order valence-electron chi connectivity index (χ0n) is 26.6. The maximum atomic E-state index is 12.7. The van der Waals surface area contributed by atoms with E-state index in [2.05, 4.69) is 13.8 Å². The Morgan fingerprint density at radius 1 is 0.614 bits per heavy atom. The Balaban J connectivity index is 1.39. The van der Waals surface area contributed by atoms with Gasteiger partial charge in [0.25, 0.3) is 0 Å². The minimum atomic E-state index is -0.440. The summed E-state index contributed by atoms with van der Waals surface area (Å²) in [5.74, 6) is 0.578. The maximum absolute atomic E-state index is 12.7. The molecule has 0 spiro atoms. The molecule has 7 heteroatoms. The van der Waals surface area contributed by atoms with Crippen molar-refractivity contribution in [3.8, 4) is 22.6 Å². The normalized spacial score (nSPS) is 11.6. The van der Waals surface area contributed by atoms with Gasteiger partial charge in [-0.1, -0.05) is 82.3 Å². The molecule has 0 saturated heterocycles. The van der Waals surface area contributed by atoms with Crippen LogP contribution in [-0.2, 0) is 19.0 Å². The number of unbranched alkanes of at least 4 members (excludes halogenated alkanes) is 5. The monoisotopic (exact) mass is 604 g/mol. The molecule has 3 aromatic carbocycles. The third-order valence-electron chi connectivity index (χ3n) is 7.17. The number of carbonyl (C=O) groups is 2. The molecule has 0 fully saturated rings. The van der Waals surface area contributed by atoms with Crippen LogP contribution < -0.4 is 9.47 Å². The van der Waals surface area contributed by atoms with Crippen molar-refractivity contribution < 1.29 is 33.3 Å². The Hall–Kier alpha value is -3.68. The molecule has 0 saturated carbocycles. The Labute approximate surface area is 262 Å². The quantitative estimate of drug-likeness (QED) is 0.0683. The van der Waals surface area contributed by atoms with Gasteiger partial charge in [0.2, 0.25) is 0 Å². The summed E-state index contributed by atoms with van der Waals surface area (Å²) in [5, 5.41) is 0. The molecule has 0 N–H and O–H groups in total. The van der Waals surface area contributed by atoms with Crippen LogP contribution in [0, 0.1) is 0 Å². The lowest BCUT2D eigenvalue weighted by Gasteiger charge is -2.14. The zero-order valence-corrected chi connectivity index (χ0v) is 26.6. The molecule has 1 atom stereocenters. The van der Waals surface area contributed by atoms with Crippen LogP contribution in [0.4, 0.5) is 0 Å². The summed E-state index contributed by atoms with van der Waals surface area (Å²) in [5.41, 5.74) is 3.30. The first kappa shape index (κ1) is 34.8. The number of rotatable bonds is 21. The second-order valence-electron chi connectivity index (χ2n) is 10.8. The van der Waals surface area contributed by atoms with Crippen LogP contribution in [0.2, 0.25) is 0 Å². The Morgan fingerprint density at radius 3 is 1.84 bits per heavy atom. The van der Waals surface area contributed by atoms with E-state index in [0.29, 0.717) is 44.2 Å². The molecule has 7 nitrogen and oxygen atoms in total. The van der Waals surface area contributed by atoms with Gasteiger partial charge in [-0.15, -0.1) is 0 Å². The van der Waals surface area contributed by atoms with E-state index in [1.54, 1.807) is 24.3 Å². The molecular weight excluding hydrogens is 556 g/mol. The standard InChI is InChI=1S/C37H48O7/c1-4-6-8-9-10-11-36(38)43-29(3)30-16-22-35(23-17-30)44-37(39)33-14-12-31(13-15-33)32-18-20-34(21-19-32)42-28-27-41-26-25-40-24-7-5-2/h12-23,29H,4-11,24-28H2,1-3H3/t29-/m1/s1. The molecule has 238 valence electrons. The summed E-state index contributed by atoms with van der Waals surface area (Å²) >= 11 is 0. The number of ether oxygens (including phenoxy) is 5. The van der Waals surface area contributed by atoms with Gasteiger partial charge in [-0.05, 0) is 72.9 Å². The lowest BCUT2D eigenvalue weighted by Crippen LogP contribution is -2.11. The van der Waals surface area contributed by atoms with Crippen molar-refractivity contribution >= 4 is 11.9 Å². The highest BCUT2D eigenvalue weighted by molar-refractivity contribution is 5.91. The van der Waals surface area contributed by atoms with Gasteiger partial charge in [-0.2, -0.15) is 0 Å². The van der Waals surface area contributed by atoms with Gasteiger partial charge < -0.3 is 23.7 Å². The van der Waals surface area contributed by atoms with Crippen molar-refractivity contribution in [2.45, 2.75) is 78.2 Å². The topological polar surface area (TPSA) is 80.3 Å². The molecule has 0 radical (unpaired) electrons. The van der Waals surface area contributed by atoms with E-state index >= 15 is 0 Å². The summed E-state index contributed by atoms with van der Waals surface area (Å²) in [6.07, 6.45) is 7.72. The van der Waals surface area contributed by atoms with Gasteiger partial charge in [-0.25, -0.2) is 4.79 Å². The molecule has 3 aromatic rings. The molecule has 0 amide bonds. The lowest BCUT2D eigenvalue weighted by atomic mass is 10.0. The Kier molecular flexibility index (Phi) is 16.1. The summed E-state index contributed by atoms with van der Waals surface area (Å²) in [6, 6.07) is 22.2. The average molecular weight is 605 g/mol. The van der Waals surface area contributed by atoms with Crippen LogP contribution in [0.3, 0.4) is 0 Å². The van der Waals surface area contributed by atoms with E-state index in [1.807, 2.05) is 55.5 Å². The molecule has 0 aromatic heterocycles. The number of carbonyl (C=O) groups excluding carboxylic acids is 2. The molecule has 3 rings (SSSR count). The van der Waals surface area contributed by atoms with E-state index in [4.69, 9.17) is 23.7 Å². The minimum Gasteiger partial charge on any atom is -0.491 e. The van der Waals surface area contributed by atoms with Crippen LogP contribution in [0.1, 0.15) is 94.2 Å². The molecule has 0 aliphatic carbocycles. The van der Waals surface area contributed by atoms with Crippen molar-refractivity contribution in [3.05, 3.63) is 83.9 Å². The molecule has 0 bridgehead atoms. The fraction of sp³-hybridized carbons (Fsp3) is 0.459. The minimum absolute atomic E-state index is 0.183. The molecule has 0 aliphatic rings. The lowest BCUT2D eigenvalue weighted by molar-refractivity contribution is -0.148. The molecule has 0 heterocycles. The number of benzene rings is 3. The van der Waals surface area contributed by atoms with Crippen molar-refractivity contribution in [1.82, 2.24) is 0 Å². The summed E-state index contributed by atoms with van der Waals surface area (Å²) in [7, 11) is 0. The van der Waals surface area contributed by atoms with Crippen molar-refractivity contribution in [2.24, 2.45) is 0 Å². The van der Waals surface area contributed by atoms with Gasteiger partial charge in [0, 0.05) is 13.0 Å². The van der Waals surface area contributed by atoms with Crippen LogP contribution >= 0.6 is 0 Å². The summed E-state index contributed by atoms with van der Waals surface area (Å²) in [6.45, 7) is 9.10. The predicted molar refractivity (Wildman–Crippen MR) is 173 cm³/mol. The average Bonchev–Trinajstić information content (AvgIpc) is 3.04. The zero-order chi connectivity index (χ0) is 31.4. The van der Waals surface area contributed by atoms with E-state index in [-0.39, 0.29) is 12.1 Å². The second-order valence-corrected chi connectivity index (χ2v) is 10.8. The van der Waals surface area contributed by atoms with Gasteiger partial charge in [-0.3, -0.25) is 4.79 Å². The van der Waals surface area contributed by atoms with Crippen LogP contribution in [0.25, 0.3) is 11.1 Å². The van der Waals surface area contributed by atoms with Gasteiger partial charge in [0.05, 0.1) is 25.4 Å². The number of hydrogen-bond donors (Lipinski definition) is 0. The Morgan fingerprint density at radius 2 is 1.18 bits per heavy atom. The van der Waals surface area contributed by atoms with Crippen molar-refractivity contribution in [1.29, 1.82) is 0 Å². The molecule has 0 aliphatic heterocycles. The van der Waals surface area contributed by atoms with Crippen molar-refractivity contribution in [3.63, 3.8) is 0 Å². The van der Waals surface area contributed by atoms with E-state index < -0.39 is 5.97 Å². The largest absolute Gasteiger partial charge is 0.491 e. The summed E-state index contributed by atoms with van der Waals surface area (Å²) < 4.78 is 27.9. The smallest absolute Gasteiger partial charge is 0.343 e. The predicted octanol–water partition coefficient (Wildman–Crippen LogP) is 8.75. The third-order valence-corrected chi connectivity index (χ3v) is 7.17. The highest BCUT2D eigenvalue weighted by Crippen LogP contribution is 2.25. The highest BCUT2D eigenvalue weighted by atomic mass is 16.5. The maximum Gasteiger partial charge on any atom is 0.343 e. The van der Waals surface area contributed by atoms with Gasteiger partial charge >= 0.3 is 11.9 Å². The molecular formula is C37H48O7. The van der Waals surface area contributed by atoms with E-state index in [9.17, 15) is 9.59 Å². The third kappa shape index (κ3) is 12.9. The highest BCUT2D eigenvalue weighted by Gasteiger charge is 2.13. The van der Waals surface area contributed by atoms with Crippen LogP contribution in [-0.4, -0.2) is 45.0 Å². The van der Waals surface area contributed by atoms with Crippen LogP contribution in [0.15, 0.2) is 72.8 Å². The van der Waals surface area contributed by atoms with Gasteiger partial charge in [0.15, 0.2) is 0 Å². The number of esters is 2. The fourth-order valence-corrected chi connectivity index (χ4v) is 4.50. The molecule has 44 heavy (non-hydrogen) atoms. The first-order valence-electron chi connectivity index (χ1n) is 16.0. The van der Waals surface area contributed by atoms with E-state index in [0.717, 1.165) is 61.2 Å². The molecule has 0 unspecified atom stereocenters. The SMILES string of the molecule is CCCCCCCC(=O)O[C@H](C)c1ccc(OC(=O)c2ccc(-c3ccc(OCCOCCOCCCC)cc3)cc2)cc1. The first-order valence-corrected chi connectivity index (χ1v) is 16.0. The number of hydrogen-bond acceptors (Lipinski definition) is 7. The van der Waals surface area contributed by atoms with E-state index in [1.165, 1.54) is 12.8 Å².